The monoisotopic (exact) mass is 278 g/mol. The second-order valence-corrected chi connectivity index (χ2v) is 4.92. The first-order chi connectivity index (χ1) is 9.74. The summed E-state index contributed by atoms with van der Waals surface area (Å²) in [6, 6.07) is 5.22. The van der Waals surface area contributed by atoms with E-state index in [1.54, 1.807) is 4.90 Å². The van der Waals surface area contributed by atoms with Crippen LogP contribution in [-0.4, -0.2) is 43.9 Å². The summed E-state index contributed by atoms with van der Waals surface area (Å²) in [4.78, 5) is 14.0. The molecule has 0 aromatic heterocycles. The predicted molar refractivity (Wildman–Crippen MR) is 71.5 cm³/mol. The van der Waals surface area contributed by atoms with Crippen LogP contribution in [0.2, 0.25) is 0 Å². The molecule has 6 nitrogen and oxygen atoms in total. The molecule has 2 aliphatic heterocycles. The Labute approximate surface area is 117 Å². The number of ether oxygens (including phenoxy) is 3. The van der Waals surface area contributed by atoms with E-state index in [0.29, 0.717) is 38.5 Å². The molecule has 2 aliphatic rings. The van der Waals surface area contributed by atoms with Gasteiger partial charge in [-0.25, -0.2) is 0 Å². The van der Waals surface area contributed by atoms with Gasteiger partial charge in [0.1, 0.15) is 0 Å². The maximum Gasteiger partial charge on any atom is 0.231 e. The van der Waals surface area contributed by atoms with Crippen LogP contribution < -0.4 is 15.2 Å². The zero-order valence-corrected chi connectivity index (χ0v) is 11.2. The van der Waals surface area contributed by atoms with Crippen LogP contribution in [0.4, 0.5) is 0 Å². The van der Waals surface area contributed by atoms with Crippen molar-refractivity contribution in [2.75, 3.05) is 33.1 Å². The molecular weight excluding hydrogens is 260 g/mol. The quantitative estimate of drug-likeness (QED) is 0.879. The maximum absolute atomic E-state index is 12.2. The third kappa shape index (κ3) is 2.71. The van der Waals surface area contributed by atoms with Gasteiger partial charge < -0.3 is 24.8 Å². The summed E-state index contributed by atoms with van der Waals surface area (Å²) >= 11 is 0. The topological polar surface area (TPSA) is 74.0 Å². The number of hydrogen-bond acceptors (Lipinski definition) is 5. The van der Waals surface area contributed by atoms with Crippen molar-refractivity contribution in [3.8, 4) is 11.5 Å². The highest BCUT2D eigenvalue weighted by Gasteiger charge is 2.21. The van der Waals surface area contributed by atoms with Crippen molar-refractivity contribution in [3.05, 3.63) is 23.8 Å². The lowest BCUT2D eigenvalue weighted by Gasteiger charge is -2.28. The molecule has 1 amide bonds. The van der Waals surface area contributed by atoms with Crippen LogP contribution in [0.25, 0.3) is 0 Å². The molecule has 0 aliphatic carbocycles. The molecule has 0 spiro atoms. The molecule has 2 N–H and O–H groups in total. The Balaban J connectivity index is 1.63. The molecule has 20 heavy (non-hydrogen) atoms. The molecule has 1 aromatic rings. The highest BCUT2D eigenvalue weighted by molar-refractivity contribution is 5.77. The van der Waals surface area contributed by atoms with Crippen LogP contribution in [0.1, 0.15) is 18.0 Å². The molecule has 108 valence electrons. The molecule has 1 atom stereocenters. The van der Waals surface area contributed by atoms with Crippen LogP contribution in [-0.2, 0) is 9.53 Å². The van der Waals surface area contributed by atoms with Crippen molar-refractivity contribution in [1.82, 2.24) is 4.90 Å². The standard InChI is InChI=1S/C14H18N2O4/c15-11(8-14(17)16-3-5-18-6-4-16)10-1-2-12-13(7-10)20-9-19-12/h1-2,7,11H,3-6,8-9,15H2. The third-order valence-electron chi connectivity index (χ3n) is 3.58. The van der Waals surface area contributed by atoms with Gasteiger partial charge in [0, 0.05) is 25.6 Å². The second kappa shape index (κ2) is 5.68. The van der Waals surface area contributed by atoms with Crippen molar-refractivity contribution in [2.24, 2.45) is 5.73 Å². The van der Waals surface area contributed by atoms with Gasteiger partial charge in [0.15, 0.2) is 11.5 Å². The van der Waals surface area contributed by atoms with Crippen LogP contribution in [0.15, 0.2) is 18.2 Å². The van der Waals surface area contributed by atoms with Gasteiger partial charge in [0.25, 0.3) is 0 Å². The highest BCUT2D eigenvalue weighted by atomic mass is 16.7. The average molecular weight is 278 g/mol. The van der Waals surface area contributed by atoms with Gasteiger partial charge >= 0.3 is 0 Å². The Hall–Kier alpha value is -1.79. The molecule has 1 unspecified atom stereocenters. The van der Waals surface area contributed by atoms with Gasteiger partial charge in [-0.15, -0.1) is 0 Å². The fraction of sp³-hybridized carbons (Fsp3) is 0.500. The molecule has 0 bridgehead atoms. The molecule has 1 aromatic carbocycles. The van der Waals surface area contributed by atoms with E-state index in [1.165, 1.54) is 0 Å². The smallest absolute Gasteiger partial charge is 0.231 e. The molecule has 2 heterocycles. The number of carbonyl (C=O) groups excluding carboxylic acids is 1. The fourth-order valence-corrected chi connectivity index (χ4v) is 2.39. The number of nitrogens with two attached hydrogens (primary N) is 1. The predicted octanol–water partition coefficient (Wildman–Crippen LogP) is 0.664. The number of rotatable bonds is 3. The van der Waals surface area contributed by atoms with E-state index in [-0.39, 0.29) is 18.7 Å². The van der Waals surface area contributed by atoms with E-state index in [1.807, 2.05) is 18.2 Å². The maximum atomic E-state index is 12.2. The zero-order valence-electron chi connectivity index (χ0n) is 11.2. The van der Waals surface area contributed by atoms with Crippen molar-refractivity contribution in [3.63, 3.8) is 0 Å². The van der Waals surface area contributed by atoms with E-state index in [2.05, 4.69) is 0 Å². The summed E-state index contributed by atoms with van der Waals surface area (Å²) in [5.74, 6) is 1.48. The lowest BCUT2D eigenvalue weighted by molar-refractivity contribution is -0.135. The number of morpholine rings is 1. The van der Waals surface area contributed by atoms with Crippen molar-refractivity contribution >= 4 is 5.91 Å². The molecular formula is C14H18N2O4. The normalized spacial score (nSPS) is 18.9. The third-order valence-corrected chi connectivity index (χ3v) is 3.58. The second-order valence-electron chi connectivity index (χ2n) is 4.92. The summed E-state index contributed by atoms with van der Waals surface area (Å²) in [6.45, 7) is 2.73. The molecule has 1 fully saturated rings. The van der Waals surface area contributed by atoms with E-state index < -0.39 is 0 Å². The van der Waals surface area contributed by atoms with Crippen molar-refractivity contribution < 1.29 is 19.0 Å². The van der Waals surface area contributed by atoms with Gasteiger partial charge in [0.2, 0.25) is 12.7 Å². The number of hydrogen-bond donors (Lipinski definition) is 1. The number of amides is 1. The van der Waals surface area contributed by atoms with Crippen molar-refractivity contribution in [2.45, 2.75) is 12.5 Å². The summed E-state index contributed by atoms with van der Waals surface area (Å²) in [5.41, 5.74) is 7.01. The molecule has 0 radical (unpaired) electrons. The molecule has 0 saturated carbocycles. The Morgan fingerprint density at radius 3 is 2.80 bits per heavy atom. The van der Waals surface area contributed by atoms with Crippen LogP contribution >= 0.6 is 0 Å². The van der Waals surface area contributed by atoms with E-state index in [9.17, 15) is 4.79 Å². The SMILES string of the molecule is NC(CC(=O)N1CCOCC1)c1ccc2c(c1)OCO2. The molecule has 1 saturated heterocycles. The van der Waals surface area contributed by atoms with Gasteiger partial charge in [-0.2, -0.15) is 0 Å². The summed E-state index contributed by atoms with van der Waals surface area (Å²) in [6.07, 6.45) is 0.291. The van der Waals surface area contributed by atoms with Crippen LogP contribution in [0.3, 0.4) is 0 Å². The van der Waals surface area contributed by atoms with Crippen LogP contribution in [0.5, 0.6) is 11.5 Å². The Kier molecular flexibility index (Phi) is 3.75. The molecule has 6 heteroatoms. The Morgan fingerprint density at radius 1 is 1.25 bits per heavy atom. The van der Waals surface area contributed by atoms with Gasteiger partial charge in [-0.05, 0) is 17.7 Å². The minimum Gasteiger partial charge on any atom is -0.454 e. The van der Waals surface area contributed by atoms with Gasteiger partial charge in [-0.3, -0.25) is 4.79 Å². The van der Waals surface area contributed by atoms with E-state index in [4.69, 9.17) is 19.9 Å². The largest absolute Gasteiger partial charge is 0.454 e. The first-order valence-electron chi connectivity index (χ1n) is 6.74. The van der Waals surface area contributed by atoms with E-state index in [0.717, 1.165) is 11.3 Å². The Morgan fingerprint density at radius 2 is 2.00 bits per heavy atom. The number of benzene rings is 1. The van der Waals surface area contributed by atoms with Crippen LogP contribution in [0, 0.1) is 0 Å². The lowest BCUT2D eigenvalue weighted by atomic mass is 10.0. The minimum atomic E-state index is -0.333. The lowest BCUT2D eigenvalue weighted by Crippen LogP contribution is -2.41. The van der Waals surface area contributed by atoms with Crippen molar-refractivity contribution in [1.29, 1.82) is 0 Å². The van der Waals surface area contributed by atoms with Gasteiger partial charge in [0.05, 0.1) is 13.2 Å². The summed E-state index contributed by atoms with van der Waals surface area (Å²) < 4.78 is 15.8. The Bertz CT molecular complexity index is 500. The molecule has 3 rings (SSSR count). The fourth-order valence-electron chi connectivity index (χ4n) is 2.39. The number of carbonyl (C=O) groups is 1. The van der Waals surface area contributed by atoms with Gasteiger partial charge in [-0.1, -0.05) is 6.07 Å². The van der Waals surface area contributed by atoms with E-state index >= 15 is 0 Å². The highest BCUT2D eigenvalue weighted by Crippen LogP contribution is 2.34. The first-order valence-corrected chi connectivity index (χ1v) is 6.74. The number of fused-ring (bicyclic) bond motifs is 1. The summed E-state index contributed by atoms with van der Waals surface area (Å²) in [7, 11) is 0. The summed E-state index contributed by atoms with van der Waals surface area (Å²) in [5, 5.41) is 0. The zero-order chi connectivity index (χ0) is 13.9. The number of nitrogens with zero attached hydrogens (tertiary/aromatic N) is 1. The first kappa shape index (κ1) is 13.2. The minimum absolute atomic E-state index is 0.0680. The average Bonchev–Trinajstić information content (AvgIpc) is 2.95.